The molecule has 1 aromatic carbocycles. The fourth-order valence-corrected chi connectivity index (χ4v) is 5.84. The van der Waals surface area contributed by atoms with Gasteiger partial charge in [-0.15, -0.1) is 0 Å². The van der Waals surface area contributed by atoms with Gasteiger partial charge >= 0.3 is 5.69 Å². The molecule has 2 unspecified atom stereocenters. The van der Waals surface area contributed by atoms with E-state index in [0.717, 1.165) is 18.2 Å². The van der Waals surface area contributed by atoms with Crippen molar-refractivity contribution in [2.75, 3.05) is 0 Å². The molecule has 0 amide bonds. The maximum atomic E-state index is 13.0. The summed E-state index contributed by atoms with van der Waals surface area (Å²) in [5.74, 6) is -0.416. The van der Waals surface area contributed by atoms with E-state index in [0.29, 0.717) is 17.5 Å². The number of aromatic nitrogens is 3. The van der Waals surface area contributed by atoms with E-state index in [1.54, 1.807) is 4.98 Å². The van der Waals surface area contributed by atoms with E-state index in [4.69, 9.17) is 33.2 Å². The molecule has 0 radical (unpaired) electrons. The van der Waals surface area contributed by atoms with Crippen LogP contribution in [0.25, 0.3) is 5.69 Å². The van der Waals surface area contributed by atoms with E-state index in [-0.39, 0.29) is 33.2 Å². The topological polar surface area (TPSA) is 167 Å². The number of aliphatic hydroxyl groups excluding tert-OH is 1. The third-order valence-electron chi connectivity index (χ3n) is 5.64. The van der Waals surface area contributed by atoms with Crippen molar-refractivity contribution in [2.24, 2.45) is 5.92 Å². The summed E-state index contributed by atoms with van der Waals surface area (Å²) in [6.07, 6.45) is -0.251. The number of halogens is 4. The van der Waals surface area contributed by atoms with Gasteiger partial charge in [0.25, 0.3) is 12.0 Å². The fourth-order valence-electron chi connectivity index (χ4n) is 3.71. The lowest BCUT2D eigenvalue weighted by atomic mass is 9.82. The quantitative estimate of drug-likeness (QED) is 0.450. The minimum Gasteiger partial charge on any atom is -0.455 e. The average molecular weight is 576 g/mol. The summed E-state index contributed by atoms with van der Waals surface area (Å²) in [7, 11) is -4.05. The number of ether oxygens (including phenoxy) is 1. The molecule has 2 aliphatic carbocycles. The molecule has 16 heteroatoms. The second-order valence-electron chi connectivity index (χ2n) is 8.24. The molecule has 0 aliphatic heterocycles. The predicted molar refractivity (Wildman–Crippen MR) is 127 cm³/mol. The Morgan fingerprint density at radius 2 is 1.92 bits per heavy atom. The third kappa shape index (κ3) is 5.60. The fraction of sp³-hybridized carbons (Fsp3) is 0.333. The molecule has 2 atom stereocenters. The number of nitrogens with one attached hydrogen (secondary N) is 2. The van der Waals surface area contributed by atoms with Crippen LogP contribution < -0.4 is 20.7 Å². The number of alkyl halides is 2. The first-order valence-electron chi connectivity index (χ1n) is 10.6. The van der Waals surface area contributed by atoms with E-state index >= 15 is 0 Å². The molecule has 2 aliphatic rings. The first kappa shape index (κ1) is 27.0. The van der Waals surface area contributed by atoms with Crippen LogP contribution in [-0.2, 0) is 10.0 Å². The normalized spacial score (nSPS) is 23.3. The zero-order valence-corrected chi connectivity index (χ0v) is 20.8. The van der Waals surface area contributed by atoms with Crippen molar-refractivity contribution in [1.29, 1.82) is 5.26 Å². The second-order valence-corrected chi connectivity index (χ2v) is 10.9. The molecule has 196 valence electrons. The third-order valence-corrected chi connectivity index (χ3v) is 8.00. The number of aromatic amines is 1. The Kier molecular flexibility index (Phi) is 7.54. The van der Waals surface area contributed by atoms with Gasteiger partial charge in [0.2, 0.25) is 10.0 Å². The number of aliphatic hydroxyl groups is 1. The van der Waals surface area contributed by atoms with Crippen LogP contribution in [0.2, 0.25) is 10.0 Å². The lowest BCUT2D eigenvalue weighted by Gasteiger charge is -2.33. The minimum absolute atomic E-state index is 0.0277. The number of allylic oxidation sites excluding steroid dienone is 1. The van der Waals surface area contributed by atoms with Crippen molar-refractivity contribution in [2.45, 2.75) is 36.7 Å². The van der Waals surface area contributed by atoms with Crippen LogP contribution in [0, 0.1) is 17.2 Å². The lowest BCUT2D eigenvalue weighted by Crippen LogP contribution is -2.49. The number of nitriles is 1. The average Bonchev–Trinajstić information content (AvgIpc) is 2.79. The Morgan fingerprint density at radius 3 is 2.51 bits per heavy atom. The number of rotatable bonds is 7. The molecule has 1 aromatic heterocycles. The van der Waals surface area contributed by atoms with Crippen LogP contribution in [0.5, 0.6) is 5.75 Å². The number of sulfonamides is 1. The first-order chi connectivity index (χ1) is 17.4. The van der Waals surface area contributed by atoms with Gasteiger partial charge in [0, 0.05) is 12.0 Å². The Hall–Kier alpha value is -3.09. The standard InChI is InChI=1S/C21H17Cl2F2N5O6S/c22-13-5-11(30-21(33)27-20(32)17(28-30)19(24)25)6-14(23)18(13)36-12-1-2-15(31)16(7-12)37(34,35)29-10-3-9(4-10)8-26/h1-2,5-7,9-10,15-16,19,29,31H,3-4H2,(H,27,32,33). The number of H-pyrrole nitrogens is 1. The zero-order valence-electron chi connectivity index (χ0n) is 18.4. The summed E-state index contributed by atoms with van der Waals surface area (Å²) >= 11 is 12.5. The molecular formula is C21H17Cl2F2N5O6S. The molecule has 3 N–H and O–H groups in total. The van der Waals surface area contributed by atoms with E-state index in [2.05, 4.69) is 15.9 Å². The second kappa shape index (κ2) is 10.3. The Balaban J connectivity index is 1.60. The van der Waals surface area contributed by atoms with Crippen molar-refractivity contribution < 1.29 is 27.0 Å². The number of nitrogens with zero attached hydrogens (tertiary/aromatic N) is 3. The molecule has 0 spiro atoms. The highest BCUT2D eigenvalue weighted by atomic mass is 35.5. The summed E-state index contributed by atoms with van der Waals surface area (Å²) in [6, 6.07) is 3.87. The zero-order chi connectivity index (χ0) is 27.1. The highest BCUT2D eigenvalue weighted by molar-refractivity contribution is 7.90. The van der Waals surface area contributed by atoms with Crippen LogP contribution in [0.1, 0.15) is 25.0 Å². The Bertz CT molecular complexity index is 1540. The summed E-state index contributed by atoms with van der Waals surface area (Å²) in [5.41, 5.74) is -3.80. The molecule has 0 bridgehead atoms. The molecule has 37 heavy (non-hydrogen) atoms. The highest BCUT2D eigenvalue weighted by Gasteiger charge is 2.38. The summed E-state index contributed by atoms with van der Waals surface area (Å²) < 4.78 is 60.3. The van der Waals surface area contributed by atoms with Crippen molar-refractivity contribution in [1.82, 2.24) is 19.5 Å². The van der Waals surface area contributed by atoms with Gasteiger partial charge in [-0.1, -0.05) is 29.3 Å². The van der Waals surface area contributed by atoms with Crippen molar-refractivity contribution in [3.63, 3.8) is 0 Å². The largest absolute Gasteiger partial charge is 0.455 e. The summed E-state index contributed by atoms with van der Waals surface area (Å²) in [6.45, 7) is 0. The number of hydrogen-bond donors (Lipinski definition) is 3. The van der Waals surface area contributed by atoms with Crippen molar-refractivity contribution >= 4 is 33.2 Å². The summed E-state index contributed by atoms with van der Waals surface area (Å²) in [4.78, 5) is 25.4. The SMILES string of the molecule is N#CC1CC(NS(=O)(=O)C2C=C(Oc3c(Cl)cc(-n4nc(C(F)F)c(=O)[nH]c4=O)cc3Cl)C=CC2O)C1. The Labute approximate surface area is 217 Å². The summed E-state index contributed by atoms with van der Waals surface area (Å²) in [5, 5.41) is 20.7. The molecule has 0 saturated heterocycles. The smallest absolute Gasteiger partial charge is 0.349 e. The lowest BCUT2D eigenvalue weighted by molar-refractivity contribution is 0.141. The van der Waals surface area contributed by atoms with Crippen molar-refractivity contribution in [3.8, 4) is 17.5 Å². The van der Waals surface area contributed by atoms with Gasteiger partial charge in [0.1, 0.15) is 11.0 Å². The highest BCUT2D eigenvalue weighted by Crippen LogP contribution is 2.37. The van der Waals surface area contributed by atoms with Crippen LogP contribution in [0.15, 0.2) is 45.7 Å². The first-order valence-corrected chi connectivity index (χ1v) is 12.9. The molecule has 1 saturated carbocycles. The molecule has 4 rings (SSSR count). The van der Waals surface area contributed by atoms with Gasteiger partial charge in [-0.25, -0.2) is 26.7 Å². The van der Waals surface area contributed by atoms with Crippen LogP contribution >= 0.6 is 23.2 Å². The Morgan fingerprint density at radius 1 is 1.27 bits per heavy atom. The van der Waals surface area contributed by atoms with Gasteiger partial charge in [0.15, 0.2) is 11.4 Å². The van der Waals surface area contributed by atoms with E-state index in [1.807, 2.05) is 0 Å². The predicted octanol–water partition coefficient (Wildman–Crippen LogP) is 1.95. The maximum absolute atomic E-state index is 13.0. The van der Waals surface area contributed by atoms with Crippen LogP contribution in [0.3, 0.4) is 0 Å². The van der Waals surface area contributed by atoms with Gasteiger partial charge in [-0.2, -0.15) is 15.0 Å². The molecule has 11 nitrogen and oxygen atoms in total. The molecule has 1 heterocycles. The van der Waals surface area contributed by atoms with Gasteiger partial charge in [0.05, 0.1) is 27.9 Å². The van der Waals surface area contributed by atoms with Gasteiger partial charge < -0.3 is 9.84 Å². The van der Waals surface area contributed by atoms with Gasteiger partial charge in [-0.3, -0.25) is 9.78 Å². The van der Waals surface area contributed by atoms with E-state index < -0.39 is 50.8 Å². The number of hydrogen-bond acceptors (Lipinski definition) is 8. The number of benzene rings is 1. The molecule has 2 aromatic rings. The van der Waals surface area contributed by atoms with Crippen LogP contribution in [-0.4, -0.2) is 45.7 Å². The molecular weight excluding hydrogens is 559 g/mol. The maximum Gasteiger partial charge on any atom is 0.349 e. The van der Waals surface area contributed by atoms with Gasteiger partial charge in [-0.05, 0) is 37.1 Å². The molecule has 1 fully saturated rings. The van der Waals surface area contributed by atoms with Crippen molar-refractivity contribution in [3.05, 3.63) is 72.7 Å². The monoisotopic (exact) mass is 575 g/mol. The van der Waals surface area contributed by atoms with E-state index in [9.17, 15) is 31.9 Å². The minimum atomic E-state index is -4.05. The van der Waals surface area contributed by atoms with Crippen LogP contribution in [0.4, 0.5) is 8.78 Å². The van der Waals surface area contributed by atoms with E-state index in [1.165, 1.54) is 12.2 Å².